The molecule has 268 valence electrons. The van der Waals surface area contributed by atoms with Crippen LogP contribution in [0.15, 0.2) is 182 Å². The number of para-hydroxylation sites is 2. The Hall–Kier alpha value is -6.64. The van der Waals surface area contributed by atoms with Crippen LogP contribution in [0.25, 0.3) is 60.9 Å². The second kappa shape index (κ2) is 11.9. The van der Waals surface area contributed by atoms with Crippen molar-refractivity contribution in [1.82, 2.24) is 4.57 Å². The Morgan fingerprint density at radius 3 is 1.89 bits per heavy atom. The first-order chi connectivity index (χ1) is 27.3. The third-order valence-corrected chi connectivity index (χ3v) is 12.7. The summed E-state index contributed by atoms with van der Waals surface area (Å²) < 4.78 is 2.51. The van der Waals surface area contributed by atoms with Crippen molar-refractivity contribution in [2.75, 3.05) is 4.90 Å². The Morgan fingerprint density at radius 2 is 1.05 bits per heavy atom. The van der Waals surface area contributed by atoms with Crippen molar-refractivity contribution in [3.8, 4) is 39.2 Å². The second-order valence-electron chi connectivity index (χ2n) is 16.6. The van der Waals surface area contributed by atoms with Crippen molar-refractivity contribution in [2.24, 2.45) is 0 Å². The molecule has 0 saturated carbocycles. The molecule has 2 nitrogen and oxygen atoms in total. The number of hydrogen-bond acceptors (Lipinski definition) is 1. The third-order valence-electron chi connectivity index (χ3n) is 12.7. The van der Waals surface area contributed by atoms with E-state index >= 15 is 0 Å². The van der Waals surface area contributed by atoms with Gasteiger partial charge < -0.3 is 9.47 Å². The lowest BCUT2D eigenvalue weighted by Crippen LogP contribution is -2.16. The summed E-state index contributed by atoms with van der Waals surface area (Å²) in [4.78, 5) is 2.39. The van der Waals surface area contributed by atoms with E-state index in [1.807, 2.05) is 0 Å². The van der Waals surface area contributed by atoms with Crippen molar-refractivity contribution in [2.45, 2.75) is 38.5 Å². The highest BCUT2D eigenvalue weighted by Gasteiger charge is 2.41. The normalized spacial score (nSPS) is 14.4. The van der Waals surface area contributed by atoms with E-state index in [2.05, 4.69) is 219 Å². The Bertz CT molecular complexity index is 3020. The molecule has 0 amide bonds. The molecule has 0 bridgehead atoms. The molecule has 0 N–H and O–H groups in total. The van der Waals surface area contributed by atoms with Gasteiger partial charge in [-0.05, 0) is 116 Å². The average molecular weight is 719 g/mol. The maximum atomic E-state index is 2.51. The maximum absolute atomic E-state index is 2.51. The lowest BCUT2D eigenvalue weighted by molar-refractivity contribution is 0.660. The van der Waals surface area contributed by atoms with Crippen molar-refractivity contribution < 1.29 is 0 Å². The molecule has 1 aromatic heterocycles. The maximum Gasteiger partial charge on any atom is 0.0585 e. The van der Waals surface area contributed by atoms with Gasteiger partial charge in [-0.25, -0.2) is 0 Å². The summed E-state index contributed by atoms with van der Waals surface area (Å²) in [6, 6.07) is 67.4. The van der Waals surface area contributed by atoms with E-state index in [9.17, 15) is 0 Å². The molecule has 2 aliphatic carbocycles. The van der Waals surface area contributed by atoms with Crippen LogP contribution in [0.3, 0.4) is 0 Å². The minimum absolute atomic E-state index is 0.0733. The van der Waals surface area contributed by atoms with Crippen LogP contribution in [0.5, 0.6) is 0 Å². The van der Waals surface area contributed by atoms with E-state index in [0.29, 0.717) is 0 Å². The van der Waals surface area contributed by atoms with Crippen LogP contribution in [0, 0.1) is 0 Å². The predicted molar refractivity (Wildman–Crippen MR) is 236 cm³/mol. The molecular weight excluding hydrogens is 677 g/mol. The van der Waals surface area contributed by atoms with Crippen LogP contribution in [0.2, 0.25) is 0 Å². The van der Waals surface area contributed by atoms with Gasteiger partial charge in [-0.3, -0.25) is 0 Å². The fourth-order valence-corrected chi connectivity index (χ4v) is 9.97. The molecule has 0 atom stereocenters. The number of rotatable bonds is 5. The number of hydrogen-bond donors (Lipinski definition) is 0. The molecule has 0 spiro atoms. The second-order valence-corrected chi connectivity index (χ2v) is 16.6. The highest BCUT2D eigenvalue weighted by Crippen LogP contribution is 2.55. The number of fused-ring (bicyclic) bond motifs is 9. The Balaban J connectivity index is 1.02. The lowest BCUT2D eigenvalue weighted by atomic mass is 9.81. The molecule has 0 aliphatic heterocycles. The van der Waals surface area contributed by atoms with Gasteiger partial charge in [-0.1, -0.05) is 149 Å². The first-order valence-corrected chi connectivity index (χ1v) is 19.8. The monoisotopic (exact) mass is 718 g/mol. The minimum atomic E-state index is -0.142. The molecule has 8 aromatic carbocycles. The largest absolute Gasteiger partial charge is 0.310 e. The van der Waals surface area contributed by atoms with Crippen molar-refractivity contribution in [3.05, 3.63) is 204 Å². The van der Waals surface area contributed by atoms with Crippen LogP contribution < -0.4 is 4.90 Å². The van der Waals surface area contributed by atoms with E-state index < -0.39 is 0 Å². The topological polar surface area (TPSA) is 8.17 Å². The van der Waals surface area contributed by atoms with Gasteiger partial charge in [0.15, 0.2) is 0 Å². The molecule has 0 fully saturated rings. The molecule has 0 radical (unpaired) electrons. The highest BCUT2D eigenvalue weighted by atomic mass is 15.1. The van der Waals surface area contributed by atoms with Gasteiger partial charge in [0.2, 0.25) is 0 Å². The minimum Gasteiger partial charge on any atom is -0.310 e. The zero-order valence-electron chi connectivity index (χ0n) is 32.2. The van der Waals surface area contributed by atoms with Gasteiger partial charge in [0.1, 0.15) is 0 Å². The zero-order chi connectivity index (χ0) is 37.8. The molecule has 0 unspecified atom stereocenters. The van der Waals surface area contributed by atoms with Crippen molar-refractivity contribution >= 4 is 38.7 Å². The van der Waals surface area contributed by atoms with E-state index in [1.54, 1.807) is 0 Å². The summed E-state index contributed by atoms with van der Waals surface area (Å²) >= 11 is 0. The standard InChI is InChI=1S/C54H42N2/c1-53(2)47-20-12-10-18-43(47)44-30-29-42(34-49(44)53)55(39-16-6-5-7-17-39)40-26-22-36(23-27-40)38-25-31-48-46(33-38)52-51(54(48,3)4)45-19-11-13-21-50(45)56(52)41-28-24-35-14-8-9-15-37(35)32-41/h5-34H,1-4H3. The molecule has 56 heavy (non-hydrogen) atoms. The van der Waals surface area contributed by atoms with Crippen LogP contribution in [-0.2, 0) is 10.8 Å². The van der Waals surface area contributed by atoms with E-state index in [1.165, 1.54) is 83.1 Å². The Kier molecular flexibility index (Phi) is 6.98. The van der Waals surface area contributed by atoms with E-state index in [4.69, 9.17) is 0 Å². The van der Waals surface area contributed by atoms with Crippen LogP contribution in [0.1, 0.15) is 49.9 Å². The molecule has 9 aromatic rings. The Labute approximate surface area is 328 Å². The fourth-order valence-electron chi connectivity index (χ4n) is 9.97. The smallest absolute Gasteiger partial charge is 0.0585 e. The summed E-state index contributed by atoms with van der Waals surface area (Å²) in [5, 5.41) is 3.83. The summed E-state index contributed by atoms with van der Waals surface area (Å²) in [5.74, 6) is 0. The zero-order valence-corrected chi connectivity index (χ0v) is 32.2. The first-order valence-electron chi connectivity index (χ1n) is 19.8. The quantitative estimate of drug-likeness (QED) is 0.172. The highest BCUT2D eigenvalue weighted by molar-refractivity contribution is 6.00. The number of benzene rings is 8. The van der Waals surface area contributed by atoms with E-state index in [0.717, 1.165) is 17.1 Å². The Morgan fingerprint density at radius 1 is 0.411 bits per heavy atom. The average Bonchev–Trinajstić information content (AvgIpc) is 3.79. The van der Waals surface area contributed by atoms with Crippen LogP contribution >= 0.6 is 0 Å². The third kappa shape index (κ3) is 4.69. The SMILES string of the molecule is CC1(C)c2ccccc2-c2ccc(N(c3ccccc3)c3ccc(-c4ccc5c(c4)-c4c(c6ccccc6n4-c4ccc6ccccc6c4)C5(C)C)cc3)cc21. The molecular formula is C54H42N2. The molecule has 1 heterocycles. The summed E-state index contributed by atoms with van der Waals surface area (Å²) in [5.41, 5.74) is 18.9. The fraction of sp³-hybridized carbons (Fsp3) is 0.111. The van der Waals surface area contributed by atoms with Gasteiger partial charge in [0, 0.05) is 44.5 Å². The van der Waals surface area contributed by atoms with Gasteiger partial charge in [-0.15, -0.1) is 0 Å². The predicted octanol–water partition coefficient (Wildman–Crippen LogP) is 14.5. The molecule has 11 rings (SSSR count). The number of nitrogens with zero attached hydrogens (tertiary/aromatic N) is 2. The summed E-state index contributed by atoms with van der Waals surface area (Å²) in [7, 11) is 0. The van der Waals surface area contributed by atoms with Gasteiger partial charge in [-0.2, -0.15) is 0 Å². The van der Waals surface area contributed by atoms with Gasteiger partial charge >= 0.3 is 0 Å². The van der Waals surface area contributed by atoms with Crippen LogP contribution in [0.4, 0.5) is 17.1 Å². The summed E-state index contributed by atoms with van der Waals surface area (Å²) in [6.45, 7) is 9.48. The van der Waals surface area contributed by atoms with E-state index in [-0.39, 0.29) is 10.8 Å². The summed E-state index contributed by atoms with van der Waals surface area (Å²) in [6.07, 6.45) is 0. The van der Waals surface area contributed by atoms with Gasteiger partial charge in [0.05, 0.1) is 11.2 Å². The number of aromatic nitrogens is 1. The van der Waals surface area contributed by atoms with Crippen molar-refractivity contribution in [1.29, 1.82) is 0 Å². The van der Waals surface area contributed by atoms with Crippen molar-refractivity contribution in [3.63, 3.8) is 0 Å². The molecule has 0 saturated heterocycles. The lowest BCUT2D eigenvalue weighted by Gasteiger charge is -2.28. The first kappa shape index (κ1) is 32.8. The molecule has 2 heteroatoms. The molecule has 2 aliphatic rings. The number of anilines is 3. The van der Waals surface area contributed by atoms with Crippen LogP contribution in [-0.4, -0.2) is 4.57 Å². The van der Waals surface area contributed by atoms with Gasteiger partial charge in [0.25, 0.3) is 0 Å².